The van der Waals surface area contributed by atoms with Gasteiger partial charge in [0.15, 0.2) is 0 Å². The van der Waals surface area contributed by atoms with Gasteiger partial charge in [0.2, 0.25) is 0 Å². The van der Waals surface area contributed by atoms with E-state index in [1.54, 1.807) is 23.1 Å². The fraction of sp³-hybridized carbons (Fsp3) is 0.273. The van der Waals surface area contributed by atoms with E-state index in [9.17, 15) is 0 Å². The Labute approximate surface area is 103 Å². The van der Waals surface area contributed by atoms with Crippen LogP contribution in [0, 0.1) is 0 Å². The number of hydrogen-bond acceptors (Lipinski definition) is 5. The van der Waals surface area contributed by atoms with E-state index in [0.29, 0.717) is 0 Å². The van der Waals surface area contributed by atoms with Gasteiger partial charge in [-0.15, -0.1) is 23.1 Å². The summed E-state index contributed by atoms with van der Waals surface area (Å²) >= 11 is 3.30. The topological polar surface area (TPSA) is 37.8 Å². The van der Waals surface area contributed by atoms with E-state index < -0.39 is 0 Å². The second kappa shape index (κ2) is 5.32. The van der Waals surface area contributed by atoms with Crippen molar-refractivity contribution in [3.63, 3.8) is 0 Å². The van der Waals surface area contributed by atoms with Crippen LogP contribution in [0.1, 0.15) is 18.0 Å². The van der Waals surface area contributed by atoms with Crippen LogP contribution in [0.5, 0.6) is 0 Å². The zero-order valence-electron chi connectivity index (χ0n) is 9.18. The summed E-state index contributed by atoms with van der Waals surface area (Å²) in [5.74, 6) is 0. The number of aromatic nitrogens is 2. The monoisotopic (exact) mass is 251 g/mol. The quantitative estimate of drug-likeness (QED) is 0.845. The number of anilines is 1. The molecule has 0 aromatic carbocycles. The van der Waals surface area contributed by atoms with Crippen LogP contribution < -0.4 is 5.32 Å². The van der Waals surface area contributed by atoms with Gasteiger partial charge in [0.25, 0.3) is 0 Å². The normalized spacial score (nSPS) is 12.4. The molecule has 2 rings (SSSR count). The second-order valence-corrected chi connectivity index (χ2v) is 5.08. The molecule has 0 amide bonds. The van der Waals surface area contributed by atoms with Crippen molar-refractivity contribution in [3.8, 4) is 0 Å². The highest BCUT2D eigenvalue weighted by molar-refractivity contribution is 7.98. The molecule has 0 saturated heterocycles. The summed E-state index contributed by atoms with van der Waals surface area (Å²) < 4.78 is 0. The number of pyridine rings is 1. The lowest BCUT2D eigenvalue weighted by atomic mass is 10.3. The van der Waals surface area contributed by atoms with Gasteiger partial charge in [0, 0.05) is 11.6 Å². The molecule has 0 fully saturated rings. The van der Waals surface area contributed by atoms with Crippen molar-refractivity contribution in [3.05, 3.63) is 34.9 Å². The smallest absolute Gasteiger partial charge is 0.115 e. The van der Waals surface area contributed by atoms with Gasteiger partial charge in [-0.05, 0) is 25.3 Å². The van der Waals surface area contributed by atoms with Gasteiger partial charge in [0.1, 0.15) is 5.01 Å². The third kappa shape index (κ3) is 2.74. The summed E-state index contributed by atoms with van der Waals surface area (Å²) in [6.07, 6.45) is 5.71. The first-order valence-electron chi connectivity index (χ1n) is 4.95. The van der Waals surface area contributed by atoms with Crippen molar-refractivity contribution >= 4 is 28.8 Å². The van der Waals surface area contributed by atoms with E-state index in [4.69, 9.17) is 0 Å². The minimum Gasteiger partial charge on any atom is -0.375 e. The van der Waals surface area contributed by atoms with Crippen molar-refractivity contribution in [2.45, 2.75) is 18.0 Å². The SMILES string of the molecule is CSc1ccc(NC(C)c2nccs2)cn1. The van der Waals surface area contributed by atoms with E-state index in [2.05, 4.69) is 22.2 Å². The summed E-state index contributed by atoms with van der Waals surface area (Å²) in [6.45, 7) is 2.10. The Morgan fingerprint density at radius 1 is 1.38 bits per heavy atom. The molecule has 1 atom stereocenters. The standard InChI is InChI=1S/C11H13N3S2/c1-8(11-12-5-6-16-11)14-9-3-4-10(15-2)13-7-9/h3-8,14H,1-2H3. The number of thioether (sulfide) groups is 1. The van der Waals surface area contributed by atoms with E-state index in [1.165, 1.54) is 0 Å². The molecular formula is C11H13N3S2. The Hall–Kier alpha value is -1.07. The predicted octanol–water partition coefficient (Wildman–Crippen LogP) is 3.43. The highest BCUT2D eigenvalue weighted by atomic mass is 32.2. The molecular weight excluding hydrogens is 238 g/mol. The fourth-order valence-electron chi connectivity index (χ4n) is 1.35. The first kappa shape index (κ1) is 11.4. The molecule has 0 bridgehead atoms. The maximum atomic E-state index is 4.32. The minimum absolute atomic E-state index is 0.224. The molecule has 0 aliphatic carbocycles. The lowest BCUT2D eigenvalue weighted by Gasteiger charge is -2.12. The number of hydrogen-bond donors (Lipinski definition) is 1. The summed E-state index contributed by atoms with van der Waals surface area (Å²) in [7, 11) is 0. The average molecular weight is 251 g/mol. The van der Waals surface area contributed by atoms with Gasteiger partial charge in [-0.2, -0.15) is 0 Å². The average Bonchev–Trinajstić information content (AvgIpc) is 2.83. The molecule has 3 nitrogen and oxygen atoms in total. The van der Waals surface area contributed by atoms with Crippen LogP contribution in [0.2, 0.25) is 0 Å². The predicted molar refractivity (Wildman–Crippen MR) is 70.2 cm³/mol. The fourth-order valence-corrected chi connectivity index (χ4v) is 2.35. The van der Waals surface area contributed by atoms with Crippen LogP contribution in [0.3, 0.4) is 0 Å². The Bertz CT molecular complexity index is 425. The summed E-state index contributed by atoms with van der Waals surface area (Å²) in [5.41, 5.74) is 1.03. The molecule has 5 heteroatoms. The molecule has 84 valence electrons. The van der Waals surface area contributed by atoms with Crippen LogP contribution in [-0.4, -0.2) is 16.2 Å². The van der Waals surface area contributed by atoms with Gasteiger partial charge in [-0.3, -0.25) is 0 Å². The number of rotatable bonds is 4. The molecule has 0 aliphatic rings. The zero-order valence-corrected chi connectivity index (χ0v) is 10.8. The summed E-state index contributed by atoms with van der Waals surface area (Å²) in [4.78, 5) is 8.59. The lowest BCUT2D eigenvalue weighted by Crippen LogP contribution is -2.06. The van der Waals surface area contributed by atoms with Crippen LogP contribution in [0.15, 0.2) is 34.9 Å². The van der Waals surface area contributed by atoms with Crippen LogP contribution >= 0.6 is 23.1 Å². The van der Waals surface area contributed by atoms with Gasteiger partial charge in [-0.25, -0.2) is 9.97 Å². The molecule has 1 N–H and O–H groups in total. The van der Waals surface area contributed by atoms with E-state index >= 15 is 0 Å². The third-order valence-corrected chi connectivity index (χ3v) is 3.77. The Morgan fingerprint density at radius 3 is 2.81 bits per heavy atom. The first-order valence-corrected chi connectivity index (χ1v) is 7.06. The molecule has 0 aliphatic heterocycles. The summed E-state index contributed by atoms with van der Waals surface area (Å²) in [6, 6.07) is 4.28. The lowest BCUT2D eigenvalue weighted by molar-refractivity contribution is 0.866. The number of nitrogens with one attached hydrogen (secondary N) is 1. The van der Waals surface area contributed by atoms with Crippen molar-refractivity contribution in [1.82, 2.24) is 9.97 Å². The van der Waals surface area contributed by atoms with Gasteiger partial charge in [-0.1, -0.05) is 0 Å². The largest absolute Gasteiger partial charge is 0.375 e. The Kier molecular flexibility index (Phi) is 3.79. The first-order chi connectivity index (χ1) is 7.79. The Balaban J connectivity index is 2.03. The maximum Gasteiger partial charge on any atom is 0.115 e. The van der Waals surface area contributed by atoms with Crippen molar-refractivity contribution in [1.29, 1.82) is 0 Å². The number of nitrogens with zero attached hydrogens (tertiary/aromatic N) is 2. The van der Waals surface area contributed by atoms with Crippen molar-refractivity contribution in [2.24, 2.45) is 0 Å². The van der Waals surface area contributed by atoms with Crippen LogP contribution in [-0.2, 0) is 0 Å². The van der Waals surface area contributed by atoms with Crippen LogP contribution in [0.4, 0.5) is 5.69 Å². The number of thiazole rings is 1. The molecule has 1 unspecified atom stereocenters. The van der Waals surface area contributed by atoms with E-state index in [0.717, 1.165) is 15.7 Å². The van der Waals surface area contributed by atoms with Gasteiger partial charge >= 0.3 is 0 Å². The molecule has 16 heavy (non-hydrogen) atoms. The van der Waals surface area contributed by atoms with E-state index in [1.807, 2.05) is 36.2 Å². The van der Waals surface area contributed by atoms with Gasteiger partial charge in [0.05, 0.1) is 23.0 Å². The van der Waals surface area contributed by atoms with Gasteiger partial charge < -0.3 is 5.32 Å². The minimum atomic E-state index is 0.224. The molecule has 2 heterocycles. The van der Waals surface area contributed by atoms with Crippen molar-refractivity contribution in [2.75, 3.05) is 11.6 Å². The highest BCUT2D eigenvalue weighted by Crippen LogP contribution is 2.21. The third-order valence-electron chi connectivity index (χ3n) is 2.15. The second-order valence-electron chi connectivity index (χ2n) is 3.33. The molecule has 0 saturated carbocycles. The molecule has 2 aromatic rings. The van der Waals surface area contributed by atoms with E-state index in [-0.39, 0.29) is 6.04 Å². The molecule has 0 radical (unpaired) electrons. The summed E-state index contributed by atoms with van der Waals surface area (Å²) in [5, 5.41) is 7.49. The van der Waals surface area contributed by atoms with Crippen molar-refractivity contribution < 1.29 is 0 Å². The maximum absolute atomic E-state index is 4.32. The Morgan fingerprint density at radius 2 is 2.25 bits per heavy atom. The zero-order chi connectivity index (χ0) is 11.4. The highest BCUT2D eigenvalue weighted by Gasteiger charge is 2.07. The molecule has 0 spiro atoms. The molecule has 2 aromatic heterocycles. The van der Waals surface area contributed by atoms with Crippen LogP contribution in [0.25, 0.3) is 0 Å².